The quantitative estimate of drug-likeness (QED) is 0.359. The summed E-state index contributed by atoms with van der Waals surface area (Å²) < 4.78 is 14.6. The van der Waals surface area contributed by atoms with Crippen LogP contribution in [0.15, 0.2) is 39.9 Å². The van der Waals surface area contributed by atoms with Gasteiger partial charge in [-0.1, -0.05) is 6.07 Å². The van der Waals surface area contributed by atoms with Gasteiger partial charge in [-0.3, -0.25) is 4.99 Å². The highest BCUT2D eigenvalue weighted by Gasteiger charge is 2.12. The van der Waals surface area contributed by atoms with Crippen LogP contribution in [-0.2, 0) is 20.1 Å². The van der Waals surface area contributed by atoms with Crippen molar-refractivity contribution in [3.05, 3.63) is 46.2 Å². The topological polar surface area (TPSA) is 51.0 Å². The molecule has 6 nitrogen and oxygen atoms in total. The molecule has 1 aromatic heterocycles. The number of hydrogen-bond donors (Lipinski definition) is 1. The summed E-state index contributed by atoms with van der Waals surface area (Å²) in [6.45, 7) is 2.84. The van der Waals surface area contributed by atoms with Crippen LogP contribution in [0.5, 0.6) is 11.5 Å². The molecule has 1 aromatic carbocycles. The van der Waals surface area contributed by atoms with Crippen molar-refractivity contribution in [2.45, 2.75) is 19.5 Å². The van der Waals surface area contributed by atoms with Crippen LogP contribution >= 0.6 is 39.9 Å². The fourth-order valence-corrected chi connectivity index (χ4v) is 3.50. The fraction of sp³-hybridized carbons (Fsp3) is 0.421. The molecule has 3 rings (SSSR count). The highest BCUT2D eigenvalue weighted by atomic mass is 127. The summed E-state index contributed by atoms with van der Waals surface area (Å²) in [5.41, 5.74) is 2.34. The van der Waals surface area contributed by atoms with Crippen molar-refractivity contribution >= 4 is 45.9 Å². The summed E-state index contributed by atoms with van der Waals surface area (Å²) in [5.74, 6) is 2.48. The number of hydrogen-bond acceptors (Lipinski definition) is 3. The minimum atomic E-state index is 0. The van der Waals surface area contributed by atoms with E-state index >= 15 is 0 Å². The Morgan fingerprint density at radius 1 is 1.26 bits per heavy atom. The van der Waals surface area contributed by atoms with Crippen molar-refractivity contribution in [1.82, 2.24) is 14.8 Å². The number of aromatic nitrogens is 1. The number of nitrogens with zero attached hydrogens (tertiary/aromatic N) is 3. The van der Waals surface area contributed by atoms with E-state index in [-0.39, 0.29) is 24.0 Å². The van der Waals surface area contributed by atoms with Gasteiger partial charge < -0.3 is 24.3 Å². The molecule has 27 heavy (non-hydrogen) atoms. The Bertz CT molecular complexity index is 794. The Morgan fingerprint density at radius 2 is 2.00 bits per heavy atom. The molecule has 2 heterocycles. The summed E-state index contributed by atoms with van der Waals surface area (Å²) in [6.07, 6.45) is 2.96. The molecule has 0 spiro atoms. The molecule has 0 aliphatic carbocycles. The van der Waals surface area contributed by atoms with Crippen molar-refractivity contribution in [3.63, 3.8) is 0 Å². The molecule has 2 aromatic rings. The minimum absolute atomic E-state index is 0. The van der Waals surface area contributed by atoms with E-state index in [4.69, 9.17) is 9.47 Å². The average Bonchev–Trinajstić information content (AvgIpc) is 2.81. The van der Waals surface area contributed by atoms with Crippen molar-refractivity contribution in [1.29, 1.82) is 0 Å². The van der Waals surface area contributed by atoms with E-state index in [2.05, 4.69) is 54.0 Å². The summed E-state index contributed by atoms with van der Waals surface area (Å²) in [7, 11) is 5.87. The van der Waals surface area contributed by atoms with Crippen LogP contribution in [0.25, 0.3) is 0 Å². The number of fused-ring (bicyclic) bond motifs is 1. The van der Waals surface area contributed by atoms with E-state index in [0.29, 0.717) is 19.8 Å². The molecule has 0 amide bonds. The van der Waals surface area contributed by atoms with Crippen LogP contribution in [0.2, 0.25) is 0 Å². The predicted molar refractivity (Wildman–Crippen MR) is 122 cm³/mol. The first-order valence-electron chi connectivity index (χ1n) is 8.68. The van der Waals surface area contributed by atoms with Gasteiger partial charge in [-0.05, 0) is 39.7 Å². The monoisotopic (exact) mass is 548 g/mol. The van der Waals surface area contributed by atoms with Crippen molar-refractivity contribution in [2.24, 2.45) is 12.0 Å². The Hall–Kier alpha value is -1.42. The van der Waals surface area contributed by atoms with Crippen molar-refractivity contribution < 1.29 is 9.47 Å². The second kappa shape index (κ2) is 10.2. The van der Waals surface area contributed by atoms with Gasteiger partial charge in [0, 0.05) is 50.5 Å². The van der Waals surface area contributed by atoms with E-state index in [1.807, 2.05) is 26.2 Å². The lowest BCUT2D eigenvalue weighted by Crippen LogP contribution is -2.38. The first-order chi connectivity index (χ1) is 12.6. The number of rotatable bonds is 4. The Morgan fingerprint density at radius 3 is 2.67 bits per heavy atom. The molecule has 0 radical (unpaired) electrons. The number of ether oxygens (including phenoxy) is 2. The molecule has 0 saturated carbocycles. The molecule has 148 valence electrons. The van der Waals surface area contributed by atoms with Crippen LogP contribution in [0.1, 0.15) is 17.7 Å². The van der Waals surface area contributed by atoms with Crippen LogP contribution in [0.4, 0.5) is 0 Å². The molecule has 0 fully saturated rings. The highest BCUT2D eigenvalue weighted by molar-refractivity contribution is 14.0. The zero-order valence-corrected chi connectivity index (χ0v) is 19.8. The first kappa shape index (κ1) is 21.9. The van der Waals surface area contributed by atoms with E-state index < -0.39 is 0 Å². The molecule has 0 unspecified atom stereocenters. The van der Waals surface area contributed by atoms with E-state index in [1.54, 1.807) is 7.05 Å². The fourth-order valence-electron chi connectivity index (χ4n) is 2.92. The third kappa shape index (κ3) is 5.78. The third-order valence-electron chi connectivity index (χ3n) is 4.31. The van der Waals surface area contributed by atoms with Gasteiger partial charge in [0.1, 0.15) is 0 Å². The molecule has 1 aliphatic heterocycles. The van der Waals surface area contributed by atoms with Crippen LogP contribution in [-0.4, -0.2) is 42.7 Å². The van der Waals surface area contributed by atoms with Gasteiger partial charge in [-0.2, -0.15) is 0 Å². The molecule has 1 aliphatic rings. The lowest BCUT2D eigenvalue weighted by Gasteiger charge is -2.22. The van der Waals surface area contributed by atoms with Crippen molar-refractivity contribution in [2.75, 3.05) is 27.3 Å². The van der Waals surface area contributed by atoms with E-state index in [0.717, 1.165) is 40.5 Å². The minimum Gasteiger partial charge on any atom is -0.490 e. The number of aliphatic imine (C=N–C) groups is 1. The molecular weight excluding hydrogens is 523 g/mol. The number of aryl methyl sites for hydroxylation is 1. The Balaban J connectivity index is 0.00000261. The zero-order chi connectivity index (χ0) is 18.5. The zero-order valence-electron chi connectivity index (χ0n) is 15.9. The second-order valence-electron chi connectivity index (χ2n) is 6.35. The first-order valence-corrected chi connectivity index (χ1v) is 9.47. The van der Waals surface area contributed by atoms with Gasteiger partial charge in [-0.15, -0.1) is 24.0 Å². The van der Waals surface area contributed by atoms with Gasteiger partial charge >= 0.3 is 0 Å². The predicted octanol–water partition coefficient (Wildman–Crippen LogP) is 3.77. The van der Waals surface area contributed by atoms with Crippen LogP contribution < -0.4 is 14.8 Å². The van der Waals surface area contributed by atoms with Gasteiger partial charge in [0.15, 0.2) is 17.5 Å². The SMILES string of the molecule is CN=C(NCc1ccc2c(c1)OCCCO2)N(C)Cc1cc(Br)cn1C.I. The Kier molecular flexibility index (Phi) is 8.28. The maximum absolute atomic E-state index is 5.76. The summed E-state index contributed by atoms with van der Waals surface area (Å²) in [4.78, 5) is 6.49. The highest BCUT2D eigenvalue weighted by Crippen LogP contribution is 2.30. The third-order valence-corrected chi connectivity index (χ3v) is 4.74. The Labute approximate surface area is 186 Å². The maximum atomic E-state index is 5.76. The maximum Gasteiger partial charge on any atom is 0.194 e. The van der Waals surface area contributed by atoms with E-state index in [9.17, 15) is 0 Å². The van der Waals surface area contributed by atoms with Gasteiger partial charge in [-0.25, -0.2) is 0 Å². The summed E-state index contributed by atoms with van der Waals surface area (Å²) in [6, 6.07) is 8.19. The van der Waals surface area contributed by atoms with Crippen molar-refractivity contribution in [3.8, 4) is 11.5 Å². The van der Waals surface area contributed by atoms with Crippen LogP contribution in [0, 0.1) is 0 Å². The van der Waals surface area contributed by atoms with Gasteiger partial charge in [0.05, 0.1) is 19.8 Å². The normalized spacial score (nSPS) is 13.6. The molecule has 0 bridgehead atoms. The molecule has 0 saturated heterocycles. The molecular formula is C19H26BrIN4O2. The molecule has 0 atom stereocenters. The molecule has 8 heteroatoms. The number of nitrogens with one attached hydrogen (secondary N) is 1. The summed E-state index contributed by atoms with van der Waals surface area (Å²) >= 11 is 3.52. The smallest absolute Gasteiger partial charge is 0.194 e. The lowest BCUT2D eigenvalue weighted by atomic mass is 10.2. The number of benzene rings is 1. The van der Waals surface area contributed by atoms with Gasteiger partial charge in [0.25, 0.3) is 0 Å². The lowest BCUT2D eigenvalue weighted by molar-refractivity contribution is 0.297. The van der Waals surface area contributed by atoms with Gasteiger partial charge in [0.2, 0.25) is 0 Å². The molecule has 1 N–H and O–H groups in total. The number of halogens is 2. The standard InChI is InChI=1S/C19H25BrN4O2.HI/c1-21-19(24(3)13-16-10-15(20)12-23(16)2)22-11-14-5-6-17-18(9-14)26-8-4-7-25-17;/h5-6,9-10,12H,4,7-8,11,13H2,1-3H3,(H,21,22);1H. The summed E-state index contributed by atoms with van der Waals surface area (Å²) in [5, 5.41) is 3.41. The average molecular weight is 549 g/mol. The largest absolute Gasteiger partial charge is 0.490 e. The van der Waals surface area contributed by atoms with E-state index in [1.165, 1.54) is 5.69 Å². The second-order valence-corrected chi connectivity index (χ2v) is 7.26. The number of guanidine groups is 1. The van der Waals surface area contributed by atoms with Crippen LogP contribution in [0.3, 0.4) is 0 Å².